The van der Waals surface area contributed by atoms with Crippen LogP contribution in [0.5, 0.6) is 0 Å². The van der Waals surface area contributed by atoms with Gasteiger partial charge in [-0.3, -0.25) is 0 Å². The SMILES string of the molecule is [Cl-].[Cl-].[Cl-].[Ti+3][C]1=CC=C(OC(c2ccccc2)c2ccccc2)[C@H]1OC(c1ccccc1)c1ccccc1.c1ccc(C2(c3ccccc3)OCCO2)cc1. The molecule has 1 atom stereocenters. The maximum atomic E-state index is 6.82. The van der Waals surface area contributed by atoms with Crippen LogP contribution in [0.4, 0.5) is 0 Å². The molecule has 6 aromatic rings. The van der Waals surface area contributed by atoms with Gasteiger partial charge in [-0.2, -0.15) is 0 Å². The summed E-state index contributed by atoms with van der Waals surface area (Å²) in [6.45, 7) is 1.26. The van der Waals surface area contributed by atoms with E-state index in [1.165, 1.54) is 0 Å². The molecule has 272 valence electrons. The molecule has 0 amide bonds. The fourth-order valence-corrected chi connectivity index (χ4v) is 6.89. The Morgan fingerprint density at radius 3 is 1.17 bits per heavy atom. The van der Waals surface area contributed by atoms with E-state index in [9.17, 15) is 0 Å². The van der Waals surface area contributed by atoms with Gasteiger partial charge in [-0.25, -0.2) is 0 Å². The Labute approximate surface area is 348 Å². The fraction of sp³-hybridized carbons (Fsp3) is 0.130. The van der Waals surface area contributed by atoms with Crippen LogP contribution < -0.4 is 37.2 Å². The fourth-order valence-electron chi connectivity index (χ4n) is 6.43. The first kappa shape index (κ1) is 42.8. The van der Waals surface area contributed by atoms with E-state index in [1.807, 2.05) is 91.0 Å². The summed E-state index contributed by atoms with van der Waals surface area (Å²) >= 11 is 2.10. The number of hydrogen-bond donors (Lipinski definition) is 0. The van der Waals surface area contributed by atoms with Gasteiger partial charge in [0, 0.05) is 11.1 Å². The van der Waals surface area contributed by atoms with Gasteiger partial charge < -0.3 is 46.7 Å². The first-order chi connectivity index (χ1) is 25.2. The molecule has 0 bridgehead atoms. The topological polar surface area (TPSA) is 36.9 Å². The van der Waals surface area contributed by atoms with Gasteiger partial charge in [-0.1, -0.05) is 60.7 Å². The first-order valence-corrected chi connectivity index (χ1v) is 18.0. The Morgan fingerprint density at radius 2 is 0.796 bits per heavy atom. The van der Waals surface area contributed by atoms with Crippen molar-refractivity contribution in [1.29, 1.82) is 0 Å². The molecule has 1 saturated heterocycles. The molecule has 0 radical (unpaired) electrons. The molecule has 8 rings (SSSR count). The average molecular weight is 810 g/mol. The van der Waals surface area contributed by atoms with Crippen LogP contribution in [0.1, 0.15) is 45.6 Å². The smallest absolute Gasteiger partial charge is 0.222 e. The molecule has 1 fully saturated rings. The van der Waals surface area contributed by atoms with Crippen LogP contribution in [0.15, 0.2) is 204 Å². The summed E-state index contributed by atoms with van der Waals surface area (Å²) in [6, 6.07) is 61.6. The zero-order valence-corrected chi connectivity index (χ0v) is 33.2. The summed E-state index contributed by atoms with van der Waals surface area (Å²) in [7, 11) is 0. The zero-order valence-electron chi connectivity index (χ0n) is 29.4. The summed E-state index contributed by atoms with van der Waals surface area (Å²) < 4.78 is 26.5. The summed E-state index contributed by atoms with van der Waals surface area (Å²) in [4.78, 5) is 0. The van der Waals surface area contributed by atoms with Gasteiger partial charge in [0.1, 0.15) is 0 Å². The summed E-state index contributed by atoms with van der Waals surface area (Å²) in [5.74, 6) is 0.106. The van der Waals surface area contributed by atoms with Gasteiger partial charge in [0.15, 0.2) is 0 Å². The second kappa shape index (κ2) is 21.2. The minimum atomic E-state index is -0.720. The quantitative estimate of drug-likeness (QED) is 0.196. The van der Waals surface area contributed by atoms with E-state index in [-0.39, 0.29) is 55.5 Å². The van der Waals surface area contributed by atoms with Crippen molar-refractivity contribution < 1.29 is 76.6 Å². The Balaban J connectivity index is 0.000000275. The zero-order chi connectivity index (χ0) is 34.7. The summed E-state index contributed by atoms with van der Waals surface area (Å²) in [6.07, 6.45) is 3.46. The third-order valence-corrected chi connectivity index (χ3v) is 9.57. The van der Waals surface area contributed by atoms with Gasteiger partial charge in [0.05, 0.1) is 13.2 Å². The molecule has 0 saturated carbocycles. The largest absolute Gasteiger partial charge is 0.340 e. The monoisotopic (exact) mass is 808 g/mol. The van der Waals surface area contributed by atoms with Crippen molar-refractivity contribution in [3.05, 3.63) is 237 Å². The Morgan fingerprint density at radius 1 is 0.463 bits per heavy atom. The predicted molar refractivity (Wildman–Crippen MR) is 197 cm³/mol. The van der Waals surface area contributed by atoms with Gasteiger partial charge >= 0.3 is 214 Å². The van der Waals surface area contributed by atoms with Gasteiger partial charge in [-0.05, 0) is 0 Å². The van der Waals surface area contributed by atoms with Crippen molar-refractivity contribution in [1.82, 2.24) is 0 Å². The number of ether oxygens (including phenoxy) is 4. The molecule has 0 N–H and O–H groups in total. The number of benzene rings is 6. The first-order valence-electron chi connectivity index (χ1n) is 17.3. The van der Waals surface area contributed by atoms with Gasteiger partial charge in [0.2, 0.25) is 5.79 Å². The maximum absolute atomic E-state index is 6.82. The van der Waals surface area contributed by atoms with Crippen LogP contribution >= 0.6 is 0 Å². The predicted octanol–water partition coefficient (Wildman–Crippen LogP) is 1.24. The van der Waals surface area contributed by atoms with Crippen molar-refractivity contribution in [2.45, 2.75) is 24.1 Å². The minimum absolute atomic E-state index is 0. The number of allylic oxidation sites excluding steroid dienone is 2. The van der Waals surface area contributed by atoms with Crippen molar-refractivity contribution in [2.24, 2.45) is 0 Å². The maximum Gasteiger partial charge on any atom is 0.222 e. The molecule has 2 aliphatic rings. The van der Waals surface area contributed by atoms with Gasteiger partial charge in [0.25, 0.3) is 0 Å². The normalized spacial score (nSPS) is 15.4. The van der Waals surface area contributed by atoms with Crippen LogP contribution in [0, 0.1) is 0 Å². The minimum Gasteiger partial charge on any atom is -0.340 e. The summed E-state index contributed by atoms with van der Waals surface area (Å²) in [5.41, 5.74) is 6.55. The van der Waals surface area contributed by atoms with Crippen LogP contribution in [0.2, 0.25) is 0 Å². The van der Waals surface area contributed by atoms with Crippen molar-refractivity contribution in [2.75, 3.05) is 13.2 Å². The molecule has 0 unspecified atom stereocenters. The standard InChI is InChI=1S/C31H25O2.C15H14O2.3ClH.Ti/c1-5-14-24(15-6-1)30(25-16-7-2-8-17-25)32-28-22-13-23-29(28)33-31(26-18-9-3-10-19-26)27-20-11-4-12-21-27;1-3-7-13(8-4-1)15(16-11-12-17-15)14-9-5-2-6-10-14;;;;/h1-22,29-31H;1-10H,11-12H2;3*1H;/q;;;;;+3/p-3/t29-;;;;;/m0...../s1. The molecular weight excluding hydrogens is 771 g/mol. The third kappa shape index (κ3) is 10.2. The molecule has 54 heavy (non-hydrogen) atoms. The Kier molecular flexibility index (Phi) is 16.8. The molecule has 1 aliphatic heterocycles. The molecule has 1 heterocycles. The van der Waals surface area contributed by atoms with E-state index in [2.05, 4.69) is 124 Å². The molecule has 6 aromatic carbocycles. The third-order valence-electron chi connectivity index (χ3n) is 8.91. The molecular formula is C46H39Cl3O4Ti. The summed E-state index contributed by atoms with van der Waals surface area (Å²) in [5, 5.41) is 0. The number of halogens is 3. The van der Waals surface area contributed by atoms with E-state index < -0.39 is 5.79 Å². The molecule has 1 aliphatic carbocycles. The average Bonchev–Trinajstić information content (AvgIpc) is 3.86. The second-order valence-electron chi connectivity index (χ2n) is 12.3. The van der Waals surface area contributed by atoms with Gasteiger partial charge in [-0.15, -0.1) is 0 Å². The van der Waals surface area contributed by atoms with Crippen LogP contribution in [-0.2, 0) is 45.2 Å². The Bertz CT molecular complexity index is 1890. The van der Waals surface area contributed by atoms with Crippen LogP contribution in [0.25, 0.3) is 0 Å². The van der Waals surface area contributed by atoms with E-state index >= 15 is 0 Å². The second-order valence-corrected chi connectivity index (χ2v) is 13.2. The number of rotatable bonds is 10. The van der Waals surface area contributed by atoms with Crippen LogP contribution in [-0.4, -0.2) is 19.3 Å². The van der Waals surface area contributed by atoms with E-state index in [0.717, 1.165) is 43.0 Å². The number of hydrogen-bond acceptors (Lipinski definition) is 4. The molecule has 0 aromatic heterocycles. The van der Waals surface area contributed by atoms with Crippen molar-refractivity contribution >= 4 is 0 Å². The molecule has 8 heteroatoms. The van der Waals surface area contributed by atoms with Crippen molar-refractivity contribution in [3.8, 4) is 0 Å². The molecule has 0 spiro atoms. The van der Waals surface area contributed by atoms with E-state index in [0.29, 0.717) is 13.2 Å². The van der Waals surface area contributed by atoms with Crippen molar-refractivity contribution in [3.63, 3.8) is 0 Å². The molecule has 4 nitrogen and oxygen atoms in total. The van der Waals surface area contributed by atoms with Crippen LogP contribution in [0.3, 0.4) is 0 Å². The Hall–Kier alpha value is -3.94. The van der Waals surface area contributed by atoms with E-state index in [1.54, 1.807) is 0 Å². The van der Waals surface area contributed by atoms with E-state index in [4.69, 9.17) is 18.9 Å².